The standard InChI is InChI=1S/C49H80O2/c1-7-8-9-10-11-12-13-14-15-16-17-18-19-20-21-22-23-27-47(50)51-38-35-41(39(2)3)29-28-40(4)44-32-33-45-43-31-30-42-26-24-25-36-48(42,5)46(43)34-37-49(44,45)6/h15-23,27,39-46H,7-14,24-26,28-38H2,1-6H3/t40-,41+,42?,43+,44-,45+,46+,48+,49-/m1/s1. The molecule has 0 N–H and O–H groups in total. The molecule has 0 saturated heterocycles. The highest BCUT2D eigenvalue weighted by Crippen LogP contribution is 2.68. The van der Waals surface area contributed by atoms with Gasteiger partial charge < -0.3 is 4.74 Å². The van der Waals surface area contributed by atoms with Crippen molar-refractivity contribution in [2.24, 2.45) is 58.2 Å². The largest absolute Gasteiger partial charge is 0.463 e. The molecule has 0 aliphatic heterocycles. The summed E-state index contributed by atoms with van der Waals surface area (Å²) in [5.74, 6) is 6.66. The van der Waals surface area contributed by atoms with Gasteiger partial charge >= 0.3 is 5.97 Å². The van der Waals surface area contributed by atoms with E-state index in [0.29, 0.717) is 29.3 Å². The maximum Gasteiger partial charge on any atom is 0.330 e. The van der Waals surface area contributed by atoms with Crippen LogP contribution < -0.4 is 0 Å². The number of fused-ring (bicyclic) bond motifs is 5. The summed E-state index contributed by atoms with van der Waals surface area (Å²) in [6.45, 7) is 15.5. The highest BCUT2D eigenvalue weighted by molar-refractivity contribution is 5.82. The van der Waals surface area contributed by atoms with Gasteiger partial charge in [0.2, 0.25) is 0 Å². The normalized spacial score (nSPS) is 32.3. The highest BCUT2D eigenvalue weighted by atomic mass is 16.5. The van der Waals surface area contributed by atoms with E-state index < -0.39 is 0 Å². The van der Waals surface area contributed by atoms with E-state index in [1.807, 2.05) is 30.4 Å². The Hall–Kier alpha value is -1.83. The molecular weight excluding hydrogens is 621 g/mol. The molecule has 0 aromatic carbocycles. The molecule has 4 fully saturated rings. The molecule has 2 nitrogen and oxygen atoms in total. The molecule has 4 aliphatic rings. The van der Waals surface area contributed by atoms with Crippen LogP contribution in [0.15, 0.2) is 60.8 Å². The van der Waals surface area contributed by atoms with Crippen molar-refractivity contribution in [2.75, 3.05) is 6.61 Å². The van der Waals surface area contributed by atoms with Crippen LogP contribution in [0.25, 0.3) is 0 Å². The minimum Gasteiger partial charge on any atom is -0.463 e. The van der Waals surface area contributed by atoms with Crippen LogP contribution in [0.4, 0.5) is 0 Å². The number of ether oxygens (including phenoxy) is 1. The SMILES string of the molecule is CCCCCCCCCC=CC=CC=CC=CC=CC(=O)OCC[C@H](CC[C@@H](C)[C@H]1CC[C@H]2[C@@H]3CCC4CCCC[C@]4(C)[C@H]3CC[C@]12C)C(C)C. The first-order chi connectivity index (χ1) is 24.7. The Morgan fingerprint density at radius 3 is 2.12 bits per heavy atom. The van der Waals surface area contributed by atoms with Gasteiger partial charge in [0.25, 0.3) is 0 Å². The lowest BCUT2D eigenvalue weighted by Gasteiger charge is -2.61. The number of rotatable bonds is 21. The Morgan fingerprint density at radius 2 is 1.37 bits per heavy atom. The van der Waals surface area contributed by atoms with Gasteiger partial charge in [0.15, 0.2) is 0 Å². The van der Waals surface area contributed by atoms with Gasteiger partial charge in [-0.2, -0.15) is 0 Å². The van der Waals surface area contributed by atoms with Gasteiger partial charge in [-0.15, -0.1) is 0 Å². The van der Waals surface area contributed by atoms with E-state index in [4.69, 9.17) is 4.74 Å². The molecular formula is C49H80O2. The molecule has 0 radical (unpaired) electrons. The van der Waals surface area contributed by atoms with Crippen LogP contribution in [0.5, 0.6) is 0 Å². The molecule has 4 rings (SSSR count). The molecule has 0 heterocycles. The summed E-state index contributed by atoms with van der Waals surface area (Å²) in [7, 11) is 0. The first-order valence-corrected chi connectivity index (χ1v) is 22.2. The fourth-order valence-corrected chi connectivity index (χ4v) is 12.0. The Bertz CT molecular complexity index is 1150. The molecule has 51 heavy (non-hydrogen) atoms. The number of hydrogen-bond acceptors (Lipinski definition) is 2. The van der Waals surface area contributed by atoms with Crippen molar-refractivity contribution < 1.29 is 9.53 Å². The second-order valence-corrected chi connectivity index (χ2v) is 18.5. The lowest BCUT2D eigenvalue weighted by Crippen LogP contribution is -2.53. The van der Waals surface area contributed by atoms with Crippen LogP contribution in [-0.4, -0.2) is 12.6 Å². The number of carbonyl (C=O) groups excluding carboxylic acids is 1. The van der Waals surface area contributed by atoms with E-state index in [2.05, 4.69) is 59.8 Å². The van der Waals surface area contributed by atoms with Crippen LogP contribution in [-0.2, 0) is 9.53 Å². The summed E-state index contributed by atoms with van der Waals surface area (Å²) in [5, 5.41) is 0. The molecule has 4 aliphatic carbocycles. The Kier molecular flexibility index (Phi) is 17.9. The van der Waals surface area contributed by atoms with Crippen molar-refractivity contribution in [1.82, 2.24) is 0 Å². The maximum absolute atomic E-state index is 12.4. The summed E-state index contributed by atoms with van der Waals surface area (Å²) in [4.78, 5) is 12.4. The molecule has 9 atom stereocenters. The van der Waals surface area contributed by atoms with Gasteiger partial charge in [0.05, 0.1) is 6.61 Å². The first kappa shape index (κ1) is 41.9. The lowest BCUT2D eigenvalue weighted by atomic mass is 9.44. The first-order valence-electron chi connectivity index (χ1n) is 22.2. The van der Waals surface area contributed by atoms with E-state index >= 15 is 0 Å². The highest BCUT2D eigenvalue weighted by Gasteiger charge is 2.60. The van der Waals surface area contributed by atoms with Gasteiger partial charge in [0.1, 0.15) is 0 Å². The summed E-state index contributed by atoms with van der Waals surface area (Å²) < 4.78 is 5.64. The minimum atomic E-state index is -0.234. The Balaban J connectivity index is 1.10. The summed E-state index contributed by atoms with van der Waals surface area (Å²) in [5.41, 5.74) is 1.20. The number of unbranched alkanes of at least 4 members (excludes halogenated alkanes) is 7. The van der Waals surface area contributed by atoms with Crippen molar-refractivity contribution >= 4 is 5.97 Å². The number of hydrogen-bond donors (Lipinski definition) is 0. The van der Waals surface area contributed by atoms with Gasteiger partial charge in [-0.25, -0.2) is 4.79 Å². The van der Waals surface area contributed by atoms with E-state index in [1.54, 1.807) is 12.2 Å². The van der Waals surface area contributed by atoms with Crippen LogP contribution in [0.3, 0.4) is 0 Å². The fraction of sp³-hybridized carbons (Fsp3) is 0.776. The van der Waals surface area contributed by atoms with Gasteiger partial charge in [0, 0.05) is 6.08 Å². The minimum absolute atomic E-state index is 0.234. The summed E-state index contributed by atoms with van der Waals surface area (Å²) in [6.07, 6.45) is 48.9. The predicted molar refractivity (Wildman–Crippen MR) is 220 cm³/mol. The van der Waals surface area contributed by atoms with Crippen molar-refractivity contribution in [3.63, 3.8) is 0 Å². The summed E-state index contributed by atoms with van der Waals surface area (Å²) in [6, 6.07) is 0. The van der Waals surface area contributed by atoms with Gasteiger partial charge in [-0.1, -0.05) is 154 Å². The average molecular weight is 701 g/mol. The number of carbonyl (C=O) groups is 1. The summed E-state index contributed by atoms with van der Waals surface area (Å²) >= 11 is 0. The van der Waals surface area contributed by atoms with Crippen LogP contribution >= 0.6 is 0 Å². The van der Waals surface area contributed by atoms with Crippen LogP contribution in [0.1, 0.15) is 176 Å². The number of esters is 1. The molecule has 0 amide bonds. The fourth-order valence-electron chi connectivity index (χ4n) is 12.0. The van der Waals surface area contributed by atoms with E-state index in [1.165, 1.54) is 128 Å². The second kappa shape index (κ2) is 21.8. The third-order valence-electron chi connectivity index (χ3n) is 15.1. The van der Waals surface area contributed by atoms with Crippen molar-refractivity contribution in [2.45, 2.75) is 176 Å². The smallest absolute Gasteiger partial charge is 0.330 e. The van der Waals surface area contributed by atoms with E-state index in [9.17, 15) is 4.79 Å². The van der Waals surface area contributed by atoms with E-state index in [0.717, 1.165) is 41.9 Å². The van der Waals surface area contributed by atoms with Crippen molar-refractivity contribution in [3.05, 3.63) is 60.8 Å². The van der Waals surface area contributed by atoms with Crippen LogP contribution in [0.2, 0.25) is 0 Å². The second-order valence-electron chi connectivity index (χ2n) is 18.5. The zero-order valence-electron chi connectivity index (χ0n) is 34.3. The molecule has 0 aromatic heterocycles. The third-order valence-corrected chi connectivity index (χ3v) is 15.1. The Labute approximate surface area is 316 Å². The topological polar surface area (TPSA) is 26.3 Å². The Morgan fingerprint density at radius 1 is 0.686 bits per heavy atom. The molecule has 0 aromatic rings. The third kappa shape index (κ3) is 12.1. The van der Waals surface area contributed by atoms with Crippen LogP contribution in [0, 0.1) is 58.2 Å². The van der Waals surface area contributed by atoms with Gasteiger partial charge in [-0.3, -0.25) is 0 Å². The lowest BCUT2D eigenvalue weighted by molar-refractivity contribution is -0.138. The molecule has 2 heteroatoms. The average Bonchev–Trinajstić information content (AvgIpc) is 3.47. The van der Waals surface area contributed by atoms with E-state index in [-0.39, 0.29) is 5.97 Å². The predicted octanol–water partition coefficient (Wildman–Crippen LogP) is 14.6. The monoisotopic (exact) mass is 701 g/mol. The molecule has 4 saturated carbocycles. The zero-order valence-corrected chi connectivity index (χ0v) is 34.3. The number of allylic oxidation sites excluding steroid dienone is 9. The molecule has 0 spiro atoms. The van der Waals surface area contributed by atoms with Gasteiger partial charge in [-0.05, 0) is 135 Å². The molecule has 1 unspecified atom stereocenters. The molecule has 288 valence electrons. The molecule has 0 bridgehead atoms. The van der Waals surface area contributed by atoms with Crippen molar-refractivity contribution in [3.8, 4) is 0 Å². The maximum atomic E-state index is 12.4. The van der Waals surface area contributed by atoms with Crippen molar-refractivity contribution in [1.29, 1.82) is 0 Å². The zero-order chi connectivity index (χ0) is 36.5. The quantitative estimate of drug-likeness (QED) is 0.0516.